The molecule has 1 aromatic heterocycles. The Balaban J connectivity index is 3.09. The minimum atomic E-state index is 0.391. The van der Waals surface area contributed by atoms with Gasteiger partial charge in [0.25, 0.3) is 0 Å². The highest BCUT2D eigenvalue weighted by molar-refractivity contribution is 9.10. The molecule has 0 aromatic carbocycles. The Morgan fingerprint density at radius 1 is 1.45 bits per heavy atom. The van der Waals surface area contributed by atoms with Gasteiger partial charge >= 0.3 is 0 Å². The largest absolute Gasteiger partial charge is 0.360 e. The second-order valence-electron chi connectivity index (χ2n) is 2.23. The molecule has 0 aliphatic rings. The Hall–Kier alpha value is -0.350. The molecule has 11 heavy (non-hydrogen) atoms. The number of aromatic nitrogens is 2. The lowest BCUT2D eigenvalue weighted by Gasteiger charge is -2.11. The first-order valence-corrected chi connectivity index (χ1v) is 4.14. The van der Waals surface area contributed by atoms with Gasteiger partial charge < -0.3 is 4.90 Å². The van der Waals surface area contributed by atoms with Crippen molar-refractivity contribution in [1.82, 2.24) is 10.2 Å². The fraction of sp³-hybridized carbons (Fsp3) is 0.333. The number of hydrogen-bond donors (Lipinski definition) is 0. The first kappa shape index (κ1) is 8.74. The summed E-state index contributed by atoms with van der Waals surface area (Å²) < 4.78 is 0.850. The summed E-state index contributed by atoms with van der Waals surface area (Å²) >= 11 is 8.92. The predicted octanol–water partition coefficient (Wildman–Crippen LogP) is 1.96. The number of rotatable bonds is 1. The highest BCUT2D eigenvalue weighted by Crippen LogP contribution is 2.22. The molecule has 60 valence electrons. The van der Waals surface area contributed by atoms with Crippen LogP contribution < -0.4 is 4.90 Å². The Morgan fingerprint density at radius 2 is 2.09 bits per heavy atom. The van der Waals surface area contributed by atoms with Gasteiger partial charge in [-0.2, -0.15) is 0 Å². The minimum absolute atomic E-state index is 0.391. The molecule has 0 fully saturated rings. The van der Waals surface area contributed by atoms with Gasteiger partial charge in [0.2, 0.25) is 0 Å². The smallest absolute Gasteiger partial charge is 0.165 e. The summed E-state index contributed by atoms with van der Waals surface area (Å²) in [6, 6.07) is 1.71. The average Bonchev–Trinajstić information content (AvgIpc) is 1.85. The molecule has 1 aromatic rings. The van der Waals surface area contributed by atoms with Crippen molar-refractivity contribution in [3.63, 3.8) is 0 Å². The Bertz CT molecular complexity index is 264. The average molecular weight is 236 g/mol. The van der Waals surface area contributed by atoms with Crippen molar-refractivity contribution in [2.75, 3.05) is 19.0 Å². The van der Waals surface area contributed by atoms with Crippen molar-refractivity contribution in [2.45, 2.75) is 0 Å². The van der Waals surface area contributed by atoms with Gasteiger partial charge in [0.05, 0.1) is 4.47 Å². The molecule has 0 spiro atoms. The monoisotopic (exact) mass is 235 g/mol. The fourth-order valence-electron chi connectivity index (χ4n) is 0.644. The lowest BCUT2D eigenvalue weighted by molar-refractivity contribution is 0.957. The van der Waals surface area contributed by atoms with Crippen LogP contribution in [-0.2, 0) is 0 Å². The molecule has 0 unspecified atom stereocenters. The van der Waals surface area contributed by atoms with E-state index in [0.717, 1.165) is 10.3 Å². The topological polar surface area (TPSA) is 29.0 Å². The zero-order valence-corrected chi connectivity index (χ0v) is 8.52. The molecule has 0 bridgehead atoms. The van der Waals surface area contributed by atoms with Crippen molar-refractivity contribution in [2.24, 2.45) is 0 Å². The first-order chi connectivity index (χ1) is 5.11. The second kappa shape index (κ2) is 3.36. The molecular weight excluding hydrogens is 229 g/mol. The van der Waals surface area contributed by atoms with Gasteiger partial charge in [-0.1, -0.05) is 11.6 Å². The van der Waals surface area contributed by atoms with Crippen LogP contribution in [0.5, 0.6) is 0 Å². The van der Waals surface area contributed by atoms with Crippen LogP contribution in [0.15, 0.2) is 10.5 Å². The van der Waals surface area contributed by atoms with E-state index in [-0.39, 0.29) is 0 Å². The van der Waals surface area contributed by atoms with Gasteiger partial charge in [-0.3, -0.25) is 0 Å². The van der Waals surface area contributed by atoms with E-state index in [2.05, 4.69) is 26.1 Å². The van der Waals surface area contributed by atoms with E-state index in [1.165, 1.54) is 0 Å². The standard InChI is InChI=1S/C6H7BrClN3/c1-11(2)6-4(7)3-5(8)9-10-6/h3H,1-2H3. The molecule has 0 saturated heterocycles. The van der Waals surface area contributed by atoms with Crippen LogP contribution in [0.1, 0.15) is 0 Å². The van der Waals surface area contributed by atoms with Crippen LogP contribution in [0.25, 0.3) is 0 Å². The lowest BCUT2D eigenvalue weighted by Crippen LogP contribution is -2.11. The third-order valence-corrected chi connectivity index (χ3v) is 1.89. The highest BCUT2D eigenvalue weighted by Gasteiger charge is 2.04. The van der Waals surface area contributed by atoms with Crippen LogP contribution in [0.3, 0.4) is 0 Å². The number of anilines is 1. The van der Waals surface area contributed by atoms with Gasteiger partial charge in [0.15, 0.2) is 11.0 Å². The van der Waals surface area contributed by atoms with Crippen LogP contribution >= 0.6 is 27.5 Å². The van der Waals surface area contributed by atoms with E-state index in [1.54, 1.807) is 6.07 Å². The molecule has 0 aliphatic carbocycles. The maximum Gasteiger partial charge on any atom is 0.165 e. The zero-order chi connectivity index (χ0) is 8.43. The third-order valence-electron chi connectivity index (χ3n) is 1.12. The number of hydrogen-bond acceptors (Lipinski definition) is 3. The normalized spacial score (nSPS) is 9.82. The van der Waals surface area contributed by atoms with Crippen LogP contribution in [0, 0.1) is 0 Å². The SMILES string of the molecule is CN(C)c1nnc(Cl)cc1Br. The molecule has 0 amide bonds. The predicted molar refractivity (Wildman–Crippen MR) is 49.1 cm³/mol. The number of halogens is 2. The minimum Gasteiger partial charge on any atom is -0.360 e. The van der Waals surface area contributed by atoms with E-state index in [0.29, 0.717) is 5.15 Å². The molecule has 0 radical (unpaired) electrons. The quantitative estimate of drug-likeness (QED) is 0.746. The molecule has 3 nitrogen and oxygen atoms in total. The van der Waals surface area contributed by atoms with E-state index in [1.807, 2.05) is 19.0 Å². The van der Waals surface area contributed by atoms with Gasteiger partial charge in [-0.15, -0.1) is 10.2 Å². The van der Waals surface area contributed by atoms with Crippen molar-refractivity contribution in [3.05, 3.63) is 15.7 Å². The molecule has 1 rings (SSSR count). The Labute approximate surface area is 78.5 Å². The molecule has 5 heteroatoms. The number of nitrogens with zero attached hydrogens (tertiary/aromatic N) is 3. The summed E-state index contributed by atoms with van der Waals surface area (Å²) in [7, 11) is 3.78. The van der Waals surface area contributed by atoms with E-state index in [4.69, 9.17) is 11.6 Å². The van der Waals surface area contributed by atoms with Crippen molar-refractivity contribution in [3.8, 4) is 0 Å². The summed E-state index contributed by atoms with van der Waals surface area (Å²) in [6.45, 7) is 0. The third kappa shape index (κ3) is 2.04. The van der Waals surface area contributed by atoms with Gasteiger partial charge in [0, 0.05) is 14.1 Å². The molecule has 0 atom stereocenters. The Morgan fingerprint density at radius 3 is 2.55 bits per heavy atom. The summed E-state index contributed by atoms with van der Waals surface area (Å²) in [4.78, 5) is 1.85. The van der Waals surface area contributed by atoms with E-state index in [9.17, 15) is 0 Å². The first-order valence-electron chi connectivity index (χ1n) is 2.97. The van der Waals surface area contributed by atoms with Gasteiger partial charge in [-0.25, -0.2) is 0 Å². The van der Waals surface area contributed by atoms with Crippen LogP contribution in [0.2, 0.25) is 5.15 Å². The summed E-state index contributed by atoms with van der Waals surface area (Å²) in [5.41, 5.74) is 0. The molecule has 0 saturated carbocycles. The van der Waals surface area contributed by atoms with Crippen molar-refractivity contribution >= 4 is 33.3 Å². The summed E-state index contributed by atoms with van der Waals surface area (Å²) in [5.74, 6) is 0.773. The Kier molecular flexibility index (Phi) is 2.67. The maximum absolute atomic E-state index is 5.60. The second-order valence-corrected chi connectivity index (χ2v) is 3.47. The molecule has 0 aliphatic heterocycles. The fourth-order valence-corrected chi connectivity index (χ4v) is 1.57. The van der Waals surface area contributed by atoms with Crippen molar-refractivity contribution in [1.29, 1.82) is 0 Å². The van der Waals surface area contributed by atoms with Crippen LogP contribution in [-0.4, -0.2) is 24.3 Å². The van der Waals surface area contributed by atoms with Gasteiger partial charge in [-0.05, 0) is 22.0 Å². The molecule has 0 N–H and O–H groups in total. The van der Waals surface area contributed by atoms with Crippen LogP contribution in [0.4, 0.5) is 5.82 Å². The van der Waals surface area contributed by atoms with E-state index < -0.39 is 0 Å². The molecule has 1 heterocycles. The lowest BCUT2D eigenvalue weighted by atomic mass is 10.5. The molecular formula is C6H7BrClN3. The van der Waals surface area contributed by atoms with Crippen molar-refractivity contribution < 1.29 is 0 Å². The van der Waals surface area contributed by atoms with Gasteiger partial charge in [0.1, 0.15) is 0 Å². The summed E-state index contributed by atoms with van der Waals surface area (Å²) in [5, 5.41) is 7.97. The highest BCUT2D eigenvalue weighted by atomic mass is 79.9. The van der Waals surface area contributed by atoms with E-state index >= 15 is 0 Å². The zero-order valence-electron chi connectivity index (χ0n) is 6.17. The summed E-state index contributed by atoms with van der Waals surface area (Å²) in [6.07, 6.45) is 0. The maximum atomic E-state index is 5.60.